The second-order valence-electron chi connectivity index (χ2n) is 5.84. The molecular formula is C17H19N3O3. The van der Waals surface area contributed by atoms with Gasteiger partial charge < -0.3 is 10.0 Å². The maximum Gasteiger partial charge on any atom is 0.326 e. The first-order chi connectivity index (χ1) is 11.0. The number of para-hydroxylation sites is 1. The first-order valence-corrected chi connectivity index (χ1v) is 7.65. The van der Waals surface area contributed by atoms with Crippen LogP contribution in [0.15, 0.2) is 30.5 Å². The van der Waals surface area contributed by atoms with E-state index in [-0.39, 0.29) is 5.91 Å². The zero-order valence-corrected chi connectivity index (χ0v) is 13.2. The number of rotatable bonds is 3. The summed E-state index contributed by atoms with van der Waals surface area (Å²) in [6.07, 6.45) is 2.75. The molecule has 0 bridgehead atoms. The summed E-state index contributed by atoms with van der Waals surface area (Å²) in [5, 5.41) is 13.6. The van der Waals surface area contributed by atoms with Gasteiger partial charge in [-0.1, -0.05) is 18.2 Å². The van der Waals surface area contributed by atoms with Crippen molar-refractivity contribution in [1.29, 1.82) is 0 Å². The minimum absolute atomic E-state index is 0.257. The minimum Gasteiger partial charge on any atom is -0.480 e. The van der Waals surface area contributed by atoms with Crippen LogP contribution in [-0.4, -0.2) is 44.3 Å². The van der Waals surface area contributed by atoms with Crippen LogP contribution in [0.5, 0.6) is 0 Å². The Kier molecular flexibility index (Phi) is 3.90. The third-order valence-corrected chi connectivity index (χ3v) is 4.38. The summed E-state index contributed by atoms with van der Waals surface area (Å²) >= 11 is 0. The Morgan fingerprint density at radius 1 is 1.26 bits per heavy atom. The average Bonchev–Trinajstić information content (AvgIpc) is 3.14. The van der Waals surface area contributed by atoms with Crippen molar-refractivity contribution in [2.24, 2.45) is 0 Å². The molecule has 1 atom stereocenters. The fourth-order valence-electron chi connectivity index (χ4n) is 3.08. The molecule has 6 nitrogen and oxygen atoms in total. The van der Waals surface area contributed by atoms with Crippen molar-refractivity contribution in [3.8, 4) is 5.69 Å². The van der Waals surface area contributed by atoms with E-state index in [1.54, 1.807) is 4.68 Å². The number of carbonyl (C=O) groups excluding carboxylic acids is 1. The lowest BCUT2D eigenvalue weighted by atomic mass is 10.1. The van der Waals surface area contributed by atoms with Crippen LogP contribution in [0.3, 0.4) is 0 Å². The molecule has 1 saturated heterocycles. The van der Waals surface area contributed by atoms with Gasteiger partial charge in [0.25, 0.3) is 5.91 Å². The van der Waals surface area contributed by atoms with Gasteiger partial charge in [-0.05, 0) is 38.3 Å². The highest BCUT2D eigenvalue weighted by atomic mass is 16.4. The molecule has 6 heteroatoms. The molecule has 1 aliphatic rings. The Balaban J connectivity index is 1.95. The van der Waals surface area contributed by atoms with Crippen molar-refractivity contribution >= 4 is 11.9 Å². The molecule has 1 aromatic heterocycles. The van der Waals surface area contributed by atoms with Crippen molar-refractivity contribution in [2.75, 3.05) is 6.54 Å². The van der Waals surface area contributed by atoms with Crippen molar-refractivity contribution in [1.82, 2.24) is 14.7 Å². The number of hydrogen-bond donors (Lipinski definition) is 1. The molecule has 3 rings (SSSR count). The number of nitrogens with zero attached hydrogens (tertiary/aromatic N) is 3. The van der Waals surface area contributed by atoms with Gasteiger partial charge in [-0.25, -0.2) is 9.48 Å². The number of carboxylic acids is 1. The van der Waals surface area contributed by atoms with E-state index in [1.807, 2.05) is 38.1 Å². The molecular weight excluding hydrogens is 294 g/mol. The van der Waals surface area contributed by atoms with E-state index in [2.05, 4.69) is 5.10 Å². The number of hydrogen-bond acceptors (Lipinski definition) is 3. The molecule has 0 aliphatic carbocycles. The summed E-state index contributed by atoms with van der Waals surface area (Å²) in [4.78, 5) is 25.4. The topological polar surface area (TPSA) is 75.4 Å². The molecule has 0 radical (unpaired) electrons. The summed E-state index contributed by atoms with van der Waals surface area (Å²) in [6.45, 7) is 4.29. The van der Waals surface area contributed by atoms with Gasteiger partial charge in [0.15, 0.2) is 0 Å². The smallest absolute Gasteiger partial charge is 0.326 e. The number of benzene rings is 1. The van der Waals surface area contributed by atoms with Crippen LogP contribution < -0.4 is 0 Å². The van der Waals surface area contributed by atoms with E-state index in [0.717, 1.165) is 16.9 Å². The van der Waals surface area contributed by atoms with E-state index in [4.69, 9.17) is 0 Å². The highest BCUT2D eigenvalue weighted by Gasteiger charge is 2.35. The van der Waals surface area contributed by atoms with Crippen molar-refractivity contribution in [3.05, 3.63) is 47.3 Å². The largest absolute Gasteiger partial charge is 0.480 e. The third-order valence-electron chi connectivity index (χ3n) is 4.38. The van der Waals surface area contributed by atoms with Crippen LogP contribution in [0, 0.1) is 13.8 Å². The fourth-order valence-corrected chi connectivity index (χ4v) is 3.08. The standard InChI is InChI=1S/C17H19N3O3/c1-11-6-3-4-7-14(11)20-12(2)13(10-18-20)16(21)19-9-5-8-15(19)17(22)23/h3-4,6-7,10,15H,5,8-9H2,1-2H3,(H,22,23)/t15-/m0/s1. The molecule has 120 valence electrons. The average molecular weight is 313 g/mol. The van der Waals surface area contributed by atoms with Gasteiger partial charge in [-0.15, -0.1) is 0 Å². The number of aryl methyl sites for hydroxylation is 1. The molecule has 1 aliphatic heterocycles. The van der Waals surface area contributed by atoms with E-state index in [0.29, 0.717) is 24.9 Å². The van der Waals surface area contributed by atoms with E-state index < -0.39 is 12.0 Å². The summed E-state index contributed by atoms with van der Waals surface area (Å²) in [5.74, 6) is -1.20. The maximum atomic E-state index is 12.7. The first kappa shape index (κ1) is 15.3. The van der Waals surface area contributed by atoms with Crippen molar-refractivity contribution in [3.63, 3.8) is 0 Å². The van der Waals surface area contributed by atoms with Crippen molar-refractivity contribution in [2.45, 2.75) is 32.7 Å². The first-order valence-electron chi connectivity index (χ1n) is 7.65. The predicted octanol–water partition coefficient (Wildman–Crippen LogP) is 2.18. The molecule has 2 heterocycles. The number of likely N-dealkylation sites (tertiary alicyclic amines) is 1. The van der Waals surface area contributed by atoms with Crippen molar-refractivity contribution < 1.29 is 14.7 Å². The lowest BCUT2D eigenvalue weighted by molar-refractivity contribution is -0.141. The summed E-state index contributed by atoms with van der Waals surface area (Å²) < 4.78 is 1.73. The van der Waals surface area contributed by atoms with E-state index in [9.17, 15) is 14.7 Å². The van der Waals surface area contributed by atoms with Crippen LogP contribution in [0.2, 0.25) is 0 Å². The van der Waals surface area contributed by atoms with E-state index >= 15 is 0 Å². The molecule has 0 saturated carbocycles. The second kappa shape index (κ2) is 5.87. The Morgan fingerprint density at radius 3 is 2.70 bits per heavy atom. The zero-order chi connectivity index (χ0) is 16.6. The molecule has 1 aromatic carbocycles. The van der Waals surface area contributed by atoms with Gasteiger partial charge in [-0.2, -0.15) is 5.10 Å². The molecule has 1 amide bonds. The van der Waals surface area contributed by atoms with Crippen LogP contribution in [0.1, 0.15) is 34.5 Å². The highest BCUT2D eigenvalue weighted by molar-refractivity contribution is 5.97. The summed E-state index contributed by atoms with van der Waals surface area (Å²) in [6, 6.07) is 7.07. The van der Waals surface area contributed by atoms with Gasteiger partial charge in [0, 0.05) is 6.54 Å². The van der Waals surface area contributed by atoms with E-state index in [1.165, 1.54) is 11.1 Å². The molecule has 23 heavy (non-hydrogen) atoms. The second-order valence-corrected chi connectivity index (χ2v) is 5.84. The van der Waals surface area contributed by atoms with Gasteiger partial charge in [0.05, 0.1) is 23.1 Å². The third kappa shape index (κ3) is 2.60. The molecule has 0 unspecified atom stereocenters. The number of aliphatic carboxylic acids is 1. The summed E-state index contributed by atoms with van der Waals surface area (Å²) in [7, 11) is 0. The molecule has 2 aromatic rings. The molecule has 1 fully saturated rings. The molecule has 0 spiro atoms. The maximum absolute atomic E-state index is 12.7. The van der Waals surface area contributed by atoms with Gasteiger partial charge >= 0.3 is 5.97 Å². The lowest BCUT2D eigenvalue weighted by Crippen LogP contribution is -2.40. The van der Waals surface area contributed by atoms with Crippen LogP contribution in [0.25, 0.3) is 5.69 Å². The monoisotopic (exact) mass is 313 g/mol. The van der Waals surface area contributed by atoms with Gasteiger partial charge in [0.1, 0.15) is 6.04 Å². The SMILES string of the molecule is Cc1ccccc1-n1ncc(C(=O)N2CCC[C@H]2C(=O)O)c1C. The number of carbonyl (C=O) groups is 2. The normalized spacial score (nSPS) is 17.5. The van der Waals surface area contributed by atoms with Gasteiger partial charge in [0.2, 0.25) is 0 Å². The minimum atomic E-state index is -0.945. The Morgan fingerprint density at radius 2 is 2.00 bits per heavy atom. The Bertz CT molecular complexity index is 766. The quantitative estimate of drug-likeness (QED) is 0.942. The number of aromatic nitrogens is 2. The Labute approximate surface area is 134 Å². The fraction of sp³-hybridized carbons (Fsp3) is 0.353. The molecule has 1 N–H and O–H groups in total. The predicted molar refractivity (Wildman–Crippen MR) is 84.7 cm³/mol. The highest BCUT2D eigenvalue weighted by Crippen LogP contribution is 2.23. The summed E-state index contributed by atoms with van der Waals surface area (Å²) in [5.41, 5.74) is 3.16. The number of carboxylic acid groups (broad SMARTS) is 1. The van der Waals surface area contributed by atoms with Gasteiger partial charge in [-0.3, -0.25) is 4.79 Å². The van der Waals surface area contributed by atoms with Crippen LogP contribution in [0.4, 0.5) is 0 Å². The number of amides is 1. The zero-order valence-electron chi connectivity index (χ0n) is 13.2. The van der Waals surface area contributed by atoms with Crippen LogP contribution >= 0.6 is 0 Å². The van der Waals surface area contributed by atoms with Crippen LogP contribution in [-0.2, 0) is 4.79 Å². The lowest BCUT2D eigenvalue weighted by Gasteiger charge is -2.21. The Hall–Kier alpha value is -2.63.